The first-order chi connectivity index (χ1) is 10.2. The van der Waals surface area contributed by atoms with Crippen LogP contribution in [0.25, 0.3) is 0 Å². The molecule has 0 saturated carbocycles. The predicted octanol–water partition coefficient (Wildman–Crippen LogP) is 2.73. The zero-order valence-electron chi connectivity index (χ0n) is 13.3. The fourth-order valence-corrected chi connectivity index (χ4v) is 3.09. The first-order valence-corrected chi connectivity index (χ1v) is 7.97. The second kappa shape index (κ2) is 7.66. The monoisotopic (exact) mass is 292 g/mol. The number of aliphatic hydroxyl groups excluding tert-OH is 1. The molecule has 0 bridgehead atoms. The molecule has 1 atom stereocenters. The molecular formula is C17H28N2O2. The smallest absolute Gasteiger partial charge is 0.119 e. The van der Waals surface area contributed by atoms with Crippen LogP contribution in [0.1, 0.15) is 32.6 Å². The lowest BCUT2D eigenvalue weighted by Gasteiger charge is -2.33. The largest absolute Gasteiger partial charge is 0.497 e. The molecule has 1 unspecified atom stereocenters. The van der Waals surface area contributed by atoms with E-state index in [0.717, 1.165) is 50.3 Å². The Balaban J connectivity index is 2.02. The molecule has 1 aromatic rings. The second-order valence-electron chi connectivity index (χ2n) is 5.99. The number of rotatable bonds is 6. The van der Waals surface area contributed by atoms with Crippen LogP contribution in [-0.4, -0.2) is 48.9 Å². The third-order valence-corrected chi connectivity index (χ3v) is 4.38. The summed E-state index contributed by atoms with van der Waals surface area (Å²) in [6.45, 7) is 5.75. The molecule has 1 aromatic carbocycles. The molecule has 0 amide bonds. The minimum absolute atomic E-state index is 0.180. The first-order valence-electron chi connectivity index (χ1n) is 7.97. The molecule has 1 aliphatic rings. The summed E-state index contributed by atoms with van der Waals surface area (Å²) in [7, 11) is 1.67. The van der Waals surface area contributed by atoms with Crippen LogP contribution in [0.3, 0.4) is 0 Å². The van der Waals surface area contributed by atoms with E-state index < -0.39 is 0 Å². The maximum absolute atomic E-state index is 9.94. The van der Waals surface area contributed by atoms with Crippen molar-refractivity contribution >= 4 is 5.69 Å². The summed E-state index contributed by atoms with van der Waals surface area (Å²) in [5.74, 6) is 0.855. The minimum Gasteiger partial charge on any atom is -0.497 e. The molecule has 2 rings (SSSR count). The Bertz CT molecular complexity index is 421. The molecule has 1 fully saturated rings. The van der Waals surface area contributed by atoms with Gasteiger partial charge in [0.15, 0.2) is 0 Å². The van der Waals surface area contributed by atoms with Gasteiger partial charge in [-0.2, -0.15) is 0 Å². The van der Waals surface area contributed by atoms with Gasteiger partial charge in [-0.1, -0.05) is 6.92 Å². The zero-order chi connectivity index (χ0) is 15.1. The Morgan fingerprint density at radius 3 is 2.62 bits per heavy atom. The highest BCUT2D eigenvalue weighted by atomic mass is 16.5. The number of anilines is 1. The van der Waals surface area contributed by atoms with E-state index in [4.69, 9.17) is 4.74 Å². The Kier molecular flexibility index (Phi) is 5.88. The average Bonchev–Trinajstić information content (AvgIpc) is 2.72. The van der Waals surface area contributed by atoms with Crippen molar-refractivity contribution in [3.8, 4) is 5.75 Å². The topological polar surface area (TPSA) is 44.7 Å². The van der Waals surface area contributed by atoms with Gasteiger partial charge in [0.25, 0.3) is 0 Å². The summed E-state index contributed by atoms with van der Waals surface area (Å²) in [6.07, 6.45) is 4.31. The molecular weight excluding hydrogens is 264 g/mol. The second-order valence-corrected chi connectivity index (χ2v) is 5.99. The van der Waals surface area contributed by atoms with Gasteiger partial charge in [-0.05, 0) is 63.0 Å². The molecule has 1 heterocycles. The molecule has 21 heavy (non-hydrogen) atoms. The summed E-state index contributed by atoms with van der Waals surface area (Å²) in [5.41, 5.74) is 0.852. The fraction of sp³-hybridized carbons (Fsp3) is 0.647. The zero-order valence-corrected chi connectivity index (χ0v) is 13.3. The van der Waals surface area contributed by atoms with E-state index in [1.807, 2.05) is 24.3 Å². The van der Waals surface area contributed by atoms with Gasteiger partial charge in [0.1, 0.15) is 5.75 Å². The van der Waals surface area contributed by atoms with Crippen LogP contribution in [0.4, 0.5) is 5.69 Å². The van der Waals surface area contributed by atoms with Gasteiger partial charge in [0.05, 0.1) is 19.3 Å². The maximum atomic E-state index is 9.94. The van der Waals surface area contributed by atoms with Gasteiger partial charge in [-0.25, -0.2) is 0 Å². The first kappa shape index (κ1) is 16.1. The average molecular weight is 292 g/mol. The van der Waals surface area contributed by atoms with E-state index in [9.17, 15) is 5.11 Å². The Labute approximate surface area is 128 Å². The van der Waals surface area contributed by atoms with E-state index >= 15 is 0 Å². The van der Waals surface area contributed by atoms with Crippen molar-refractivity contribution in [2.45, 2.75) is 38.1 Å². The molecule has 118 valence electrons. The van der Waals surface area contributed by atoms with Gasteiger partial charge in [0.2, 0.25) is 0 Å². The van der Waals surface area contributed by atoms with E-state index in [-0.39, 0.29) is 12.1 Å². The third kappa shape index (κ3) is 4.35. The SMILES string of the molecule is CCCN1CCCC(CO)(Nc2ccc(OC)cc2)CC1. The number of benzene rings is 1. The highest BCUT2D eigenvalue weighted by molar-refractivity contribution is 5.48. The standard InChI is InChI=1S/C17H28N2O2/c1-3-11-19-12-4-9-17(14-20,10-13-19)18-15-5-7-16(21-2)8-6-15/h5-8,18,20H,3-4,9-14H2,1-2H3. The molecule has 1 saturated heterocycles. The fourth-order valence-electron chi connectivity index (χ4n) is 3.09. The maximum Gasteiger partial charge on any atom is 0.119 e. The van der Waals surface area contributed by atoms with E-state index in [1.54, 1.807) is 7.11 Å². The van der Waals surface area contributed by atoms with Gasteiger partial charge in [-0.15, -0.1) is 0 Å². The van der Waals surface area contributed by atoms with Crippen LogP contribution in [0.5, 0.6) is 5.75 Å². The number of nitrogens with zero attached hydrogens (tertiary/aromatic N) is 1. The van der Waals surface area contributed by atoms with Crippen LogP contribution in [0, 0.1) is 0 Å². The highest BCUT2D eigenvalue weighted by Gasteiger charge is 2.31. The van der Waals surface area contributed by atoms with Crippen molar-refractivity contribution in [1.82, 2.24) is 4.90 Å². The number of likely N-dealkylation sites (tertiary alicyclic amines) is 1. The lowest BCUT2D eigenvalue weighted by Crippen LogP contribution is -2.43. The quantitative estimate of drug-likeness (QED) is 0.846. The molecule has 0 aromatic heterocycles. The number of hydrogen-bond acceptors (Lipinski definition) is 4. The van der Waals surface area contributed by atoms with Crippen LogP contribution in [-0.2, 0) is 0 Å². The Hall–Kier alpha value is -1.26. The summed E-state index contributed by atoms with van der Waals surface area (Å²) in [5, 5.41) is 13.5. The third-order valence-electron chi connectivity index (χ3n) is 4.38. The molecule has 2 N–H and O–H groups in total. The number of hydrogen-bond donors (Lipinski definition) is 2. The van der Waals surface area contributed by atoms with Gasteiger partial charge >= 0.3 is 0 Å². The lowest BCUT2D eigenvalue weighted by atomic mass is 9.91. The summed E-state index contributed by atoms with van der Waals surface area (Å²) in [4.78, 5) is 2.51. The van der Waals surface area contributed by atoms with Gasteiger partial charge in [-0.3, -0.25) is 0 Å². The Morgan fingerprint density at radius 1 is 1.24 bits per heavy atom. The molecule has 4 heteroatoms. The Morgan fingerprint density at radius 2 is 2.00 bits per heavy atom. The number of nitrogens with one attached hydrogen (secondary N) is 1. The van der Waals surface area contributed by atoms with E-state index in [1.165, 1.54) is 6.42 Å². The normalized spacial score (nSPS) is 23.6. The molecule has 0 aliphatic carbocycles. The van der Waals surface area contributed by atoms with Crippen molar-refractivity contribution < 1.29 is 9.84 Å². The predicted molar refractivity (Wildman–Crippen MR) is 87.0 cm³/mol. The summed E-state index contributed by atoms with van der Waals surface area (Å²) < 4.78 is 5.19. The number of aliphatic hydroxyl groups is 1. The number of ether oxygens (including phenoxy) is 1. The summed E-state index contributed by atoms with van der Waals surface area (Å²) in [6, 6.07) is 7.94. The highest BCUT2D eigenvalue weighted by Crippen LogP contribution is 2.28. The van der Waals surface area contributed by atoms with Crippen LogP contribution in [0.15, 0.2) is 24.3 Å². The van der Waals surface area contributed by atoms with Gasteiger partial charge < -0.3 is 20.1 Å². The lowest BCUT2D eigenvalue weighted by molar-refractivity contribution is 0.192. The van der Waals surface area contributed by atoms with Crippen molar-refractivity contribution in [2.75, 3.05) is 38.7 Å². The molecule has 0 spiro atoms. The van der Waals surface area contributed by atoms with Crippen LogP contribution in [0.2, 0.25) is 0 Å². The molecule has 0 radical (unpaired) electrons. The van der Waals surface area contributed by atoms with E-state index in [2.05, 4.69) is 17.1 Å². The van der Waals surface area contributed by atoms with Crippen molar-refractivity contribution in [3.63, 3.8) is 0 Å². The van der Waals surface area contributed by atoms with Gasteiger partial charge in [0, 0.05) is 12.2 Å². The van der Waals surface area contributed by atoms with Crippen molar-refractivity contribution in [3.05, 3.63) is 24.3 Å². The minimum atomic E-state index is -0.197. The molecule has 4 nitrogen and oxygen atoms in total. The summed E-state index contributed by atoms with van der Waals surface area (Å²) >= 11 is 0. The van der Waals surface area contributed by atoms with Crippen LogP contribution < -0.4 is 10.1 Å². The van der Waals surface area contributed by atoms with Crippen LogP contribution >= 0.6 is 0 Å². The van der Waals surface area contributed by atoms with E-state index in [0.29, 0.717) is 0 Å². The van der Waals surface area contributed by atoms with Crippen molar-refractivity contribution in [1.29, 1.82) is 0 Å². The number of methoxy groups -OCH3 is 1. The molecule has 1 aliphatic heterocycles. The van der Waals surface area contributed by atoms with Crippen molar-refractivity contribution in [2.24, 2.45) is 0 Å².